The lowest BCUT2D eigenvalue weighted by Gasteiger charge is -2.21. The van der Waals surface area contributed by atoms with Crippen molar-refractivity contribution in [2.45, 2.75) is 25.3 Å². The van der Waals surface area contributed by atoms with E-state index in [4.69, 9.17) is 15.6 Å². The van der Waals surface area contributed by atoms with Gasteiger partial charge < -0.3 is 20.5 Å². The monoisotopic (exact) mass is 230 g/mol. The molecule has 6 nitrogen and oxygen atoms in total. The van der Waals surface area contributed by atoms with Crippen LogP contribution in [0.5, 0.6) is 0 Å². The van der Waals surface area contributed by atoms with Crippen LogP contribution < -0.4 is 5.73 Å². The molecule has 92 valence electrons. The maximum absolute atomic E-state index is 11.7. The minimum Gasteiger partial charge on any atom is -0.481 e. The molecule has 1 aliphatic carbocycles. The van der Waals surface area contributed by atoms with Crippen LogP contribution in [0, 0.1) is 0 Å². The highest BCUT2D eigenvalue weighted by atomic mass is 16.5. The number of hydrogen-bond donors (Lipinski definition) is 2. The van der Waals surface area contributed by atoms with Gasteiger partial charge in [-0.1, -0.05) is 0 Å². The standard InChI is InChI=1S/C10H18N2O4/c11-4-6-16-7-9(13)12(8-1-2-8)5-3-10(14)15/h8H,1-7,11H2,(H,14,15). The van der Waals surface area contributed by atoms with Gasteiger partial charge in [0, 0.05) is 19.1 Å². The lowest BCUT2D eigenvalue weighted by atomic mass is 10.3. The predicted molar refractivity (Wildman–Crippen MR) is 56.9 cm³/mol. The van der Waals surface area contributed by atoms with Crippen LogP contribution in [-0.4, -0.2) is 54.2 Å². The van der Waals surface area contributed by atoms with Crippen molar-refractivity contribution in [1.82, 2.24) is 4.90 Å². The number of carbonyl (C=O) groups is 2. The number of carboxylic acid groups (broad SMARTS) is 1. The van der Waals surface area contributed by atoms with Crippen LogP contribution in [0.1, 0.15) is 19.3 Å². The molecule has 0 saturated heterocycles. The first-order valence-corrected chi connectivity index (χ1v) is 5.44. The number of carboxylic acids is 1. The zero-order chi connectivity index (χ0) is 12.0. The molecular weight excluding hydrogens is 212 g/mol. The second-order valence-electron chi connectivity index (χ2n) is 3.80. The minimum atomic E-state index is -0.888. The third-order valence-electron chi connectivity index (χ3n) is 2.36. The van der Waals surface area contributed by atoms with Crippen molar-refractivity contribution in [3.8, 4) is 0 Å². The summed E-state index contributed by atoms with van der Waals surface area (Å²) in [6.07, 6.45) is 1.91. The van der Waals surface area contributed by atoms with E-state index < -0.39 is 5.97 Å². The molecule has 0 aromatic rings. The summed E-state index contributed by atoms with van der Waals surface area (Å²) in [4.78, 5) is 23.7. The van der Waals surface area contributed by atoms with Crippen LogP contribution in [0.3, 0.4) is 0 Å². The van der Waals surface area contributed by atoms with Gasteiger partial charge in [0.25, 0.3) is 0 Å². The zero-order valence-electron chi connectivity index (χ0n) is 9.22. The summed E-state index contributed by atoms with van der Waals surface area (Å²) in [5.74, 6) is -1.03. The highest BCUT2D eigenvalue weighted by Gasteiger charge is 2.32. The van der Waals surface area contributed by atoms with E-state index in [1.165, 1.54) is 0 Å². The van der Waals surface area contributed by atoms with Crippen molar-refractivity contribution >= 4 is 11.9 Å². The molecule has 1 aliphatic rings. The van der Waals surface area contributed by atoms with Crippen molar-refractivity contribution in [1.29, 1.82) is 0 Å². The highest BCUT2D eigenvalue weighted by Crippen LogP contribution is 2.26. The zero-order valence-corrected chi connectivity index (χ0v) is 9.22. The maximum Gasteiger partial charge on any atom is 0.305 e. The molecule has 0 unspecified atom stereocenters. The number of nitrogens with zero attached hydrogens (tertiary/aromatic N) is 1. The van der Waals surface area contributed by atoms with Crippen LogP contribution in [0.4, 0.5) is 0 Å². The van der Waals surface area contributed by atoms with E-state index in [9.17, 15) is 9.59 Å². The van der Waals surface area contributed by atoms with E-state index in [0.29, 0.717) is 13.2 Å². The first-order chi connectivity index (χ1) is 7.65. The summed E-state index contributed by atoms with van der Waals surface area (Å²) >= 11 is 0. The van der Waals surface area contributed by atoms with Gasteiger partial charge >= 0.3 is 5.97 Å². The Hall–Kier alpha value is -1.14. The van der Waals surface area contributed by atoms with Gasteiger partial charge in [-0.15, -0.1) is 0 Å². The molecule has 0 radical (unpaired) electrons. The number of rotatable bonds is 8. The molecule has 0 heterocycles. The van der Waals surface area contributed by atoms with Crippen molar-refractivity contribution in [3.05, 3.63) is 0 Å². The van der Waals surface area contributed by atoms with Gasteiger partial charge in [-0.05, 0) is 12.8 Å². The lowest BCUT2D eigenvalue weighted by Crippen LogP contribution is -2.37. The summed E-state index contributed by atoms with van der Waals surface area (Å²) in [5, 5.41) is 8.57. The second-order valence-corrected chi connectivity index (χ2v) is 3.80. The fourth-order valence-corrected chi connectivity index (χ4v) is 1.44. The van der Waals surface area contributed by atoms with Crippen molar-refractivity contribution < 1.29 is 19.4 Å². The molecule has 0 spiro atoms. The highest BCUT2D eigenvalue weighted by molar-refractivity contribution is 5.78. The van der Waals surface area contributed by atoms with Crippen molar-refractivity contribution in [2.75, 3.05) is 26.3 Å². The normalized spacial score (nSPS) is 14.8. The SMILES string of the molecule is NCCOCC(=O)N(CCC(=O)O)C1CC1. The number of aliphatic carboxylic acids is 1. The summed E-state index contributed by atoms with van der Waals surface area (Å²) < 4.78 is 5.05. The molecule has 1 saturated carbocycles. The Bertz CT molecular complexity index is 253. The third-order valence-corrected chi connectivity index (χ3v) is 2.36. The van der Waals surface area contributed by atoms with E-state index >= 15 is 0 Å². The number of ether oxygens (including phenoxy) is 1. The quantitative estimate of drug-likeness (QED) is 0.544. The van der Waals surface area contributed by atoms with E-state index in [1.54, 1.807) is 4.90 Å². The van der Waals surface area contributed by atoms with E-state index in [-0.39, 0.29) is 31.5 Å². The van der Waals surface area contributed by atoms with Crippen LogP contribution in [0.2, 0.25) is 0 Å². The molecular formula is C10H18N2O4. The van der Waals surface area contributed by atoms with E-state index in [1.807, 2.05) is 0 Å². The minimum absolute atomic E-state index is 0.00663. The second kappa shape index (κ2) is 6.44. The van der Waals surface area contributed by atoms with Gasteiger partial charge in [-0.25, -0.2) is 0 Å². The third kappa shape index (κ3) is 4.59. The fourth-order valence-electron chi connectivity index (χ4n) is 1.44. The number of amides is 1. The van der Waals surface area contributed by atoms with E-state index in [2.05, 4.69) is 0 Å². The van der Waals surface area contributed by atoms with Gasteiger partial charge in [0.1, 0.15) is 6.61 Å². The van der Waals surface area contributed by atoms with E-state index in [0.717, 1.165) is 12.8 Å². The summed E-state index contributed by atoms with van der Waals surface area (Å²) in [7, 11) is 0. The van der Waals surface area contributed by atoms with Gasteiger partial charge in [0.2, 0.25) is 5.91 Å². The Balaban J connectivity index is 2.30. The van der Waals surface area contributed by atoms with Gasteiger partial charge in [-0.2, -0.15) is 0 Å². The Labute approximate surface area is 94.3 Å². The Morgan fingerprint density at radius 3 is 2.62 bits per heavy atom. The van der Waals surface area contributed by atoms with Gasteiger partial charge in [0.05, 0.1) is 13.0 Å². The molecule has 1 amide bonds. The fraction of sp³-hybridized carbons (Fsp3) is 0.800. The lowest BCUT2D eigenvalue weighted by molar-refractivity contribution is -0.140. The molecule has 0 aliphatic heterocycles. The molecule has 0 atom stereocenters. The molecule has 0 aromatic heterocycles. The van der Waals surface area contributed by atoms with Gasteiger partial charge in [0.15, 0.2) is 0 Å². The molecule has 0 bridgehead atoms. The van der Waals surface area contributed by atoms with Crippen molar-refractivity contribution in [3.63, 3.8) is 0 Å². The van der Waals surface area contributed by atoms with Crippen LogP contribution >= 0.6 is 0 Å². The Kier molecular flexibility index (Phi) is 5.21. The summed E-state index contributed by atoms with van der Waals surface area (Å²) in [5.41, 5.74) is 5.23. The molecule has 0 aromatic carbocycles. The predicted octanol–water partition coefficient (Wildman–Crippen LogP) is -0.573. The maximum atomic E-state index is 11.7. The number of carbonyl (C=O) groups excluding carboxylic acids is 1. The van der Waals surface area contributed by atoms with Crippen LogP contribution in [0.15, 0.2) is 0 Å². The van der Waals surface area contributed by atoms with Crippen LogP contribution in [0.25, 0.3) is 0 Å². The molecule has 3 N–H and O–H groups in total. The molecule has 1 fully saturated rings. The molecule has 16 heavy (non-hydrogen) atoms. The smallest absolute Gasteiger partial charge is 0.305 e. The van der Waals surface area contributed by atoms with Crippen LogP contribution in [-0.2, 0) is 14.3 Å². The first kappa shape index (κ1) is 12.9. The average Bonchev–Trinajstić information content (AvgIpc) is 3.02. The average molecular weight is 230 g/mol. The number of nitrogens with two attached hydrogens (primary N) is 1. The van der Waals surface area contributed by atoms with Gasteiger partial charge in [-0.3, -0.25) is 9.59 Å². The molecule has 1 rings (SSSR count). The number of hydrogen-bond acceptors (Lipinski definition) is 4. The topological polar surface area (TPSA) is 92.9 Å². The molecule has 6 heteroatoms. The Morgan fingerprint density at radius 2 is 2.12 bits per heavy atom. The summed E-state index contributed by atoms with van der Waals surface area (Å²) in [6, 6.07) is 0.216. The largest absolute Gasteiger partial charge is 0.481 e. The van der Waals surface area contributed by atoms with Crippen molar-refractivity contribution in [2.24, 2.45) is 5.73 Å². The summed E-state index contributed by atoms with van der Waals surface area (Å²) in [6.45, 7) is 0.993. The first-order valence-electron chi connectivity index (χ1n) is 5.44. The Morgan fingerprint density at radius 1 is 1.44 bits per heavy atom.